The Morgan fingerprint density at radius 3 is 2.86 bits per heavy atom. The minimum absolute atomic E-state index is 0.0332. The second kappa shape index (κ2) is 7.38. The number of hydrazine groups is 1. The van der Waals surface area contributed by atoms with E-state index in [0.717, 1.165) is 31.4 Å². The number of ether oxygens (including phenoxy) is 1. The Morgan fingerprint density at radius 2 is 2.29 bits per heavy atom. The lowest BCUT2D eigenvalue weighted by Gasteiger charge is -2.22. The summed E-state index contributed by atoms with van der Waals surface area (Å²) in [7, 11) is 1.65. The average Bonchev–Trinajstić information content (AvgIpc) is 3.32. The molecule has 0 spiro atoms. The predicted molar refractivity (Wildman–Crippen MR) is 82.0 cm³/mol. The highest BCUT2D eigenvalue weighted by atomic mass is 16.5. The molecule has 1 saturated carbocycles. The molecule has 3 N–H and O–H groups in total. The summed E-state index contributed by atoms with van der Waals surface area (Å²) in [5.74, 6) is 6.02. The van der Waals surface area contributed by atoms with Gasteiger partial charge in [0.25, 0.3) is 5.91 Å². The lowest BCUT2D eigenvalue weighted by molar-refractivity contribution is 0.0680. The molecular weight excluding hydrogens is 268 g/mol. The minimum Gasteiger partial charge on any atom is -0.383 e. The number of rotatable bonds is 8. The number of pyridine rings is 1. The molecule has 0 radical (unpaired) electrons. The van der Waals surface area contributed by atoms with Gasteiger partial charge in [0.05, 0.1) is 6.61 Å². The van der Waals surface area contributed by atoms with Crippen LogP contribution in [0, 0.1) is 0 Å². The number of nitrogens with one attached hydrogen (secondary N) is 1. The molecule has 0 atom stereocenters. The van der Waals surface area contributed by atoms with E-state index in [0.29, 0.717) is 30.6 Å². The van der Waals surface area contributed by atoms with Gasteiger partial charge >= 0.3 is 0 Å². The van der Waals surface area contributed by atoms with Crippen LogP contribution >= 0.6 is 0 Å². The number of nitrogens with two attached hydrogens (primary N) is 1. The van der Waals surface area contributed by atoms with E-state index in [1.807, 2.05) is 11.0 Å². The number of methoxy groups -OCH3 is 1. The molecule has 6 heteroatoms. The van der Waals surface area contributed by atoms with Gasteiger partial charge < -0.3 is 15.1 Å². The van der Waals surface area contributed by atoms with E-state index >= 15 is 0 Å². The molecule has 0 aliphatic heterocycles. The van der Waals surface area contributed by atoms with Crippen LogP contribution in [0.15, 0.2) is 12.1 Å². The van der Waals surface area contributed by atoms with Crippen molar-refractivity contribution >= 4 is 11.7 Å². The van der Waals surface area contributed by atoms with Crippen LogP contribution in [0.2, 0.25) is 0 Å². The average molecular weight is 292 g/mol. The van der Waals surface area contributed by atoms with Crippen molar-refractivity contribution in [3.63, 3.8) is 0 Å². The summed E-state index contributed by atoms with van der Waals surface area (Å²) in [4.78, 5) is 19.0. The highest BCUT2D eigenvalue weighted by Crippen LogP contribution is 2.28. The van der Waals surface area contributed by atoms with Crippen molar-refractivity contribution in [1.29, 1.82) is 0 Å². The number of hydrogen-bond acceptors (Lipinski definition) is 5. The molecule has 1 aromatic rings. The Kier molecular flexibility index (Phi) is 5.52. The number of anilines is 1. The molecule has 0 bridgehead atoms. The first-order chi connectivity index (χ1) is 10.2. The van der Waals surface area contributed by atoms with Crippen LogP contribution < -0.4 is 11.3 Å². The van der Waals surface area contributed by atoms with E-state index in [-0.39, 0.29) is 5.91 Å². The van der Waals surface area contributed by atoms with E-state index in [9.17, 15) is 4.79 Å². The summed E-state index contributed by atoms with van der Waals surface area (Å²) in [6.45, 7) is 3.26. The van der Waals surface area contributed by atoms with E-state index in [2.05, 4.69) is 17.3 Å². The Hall–Kier alpha value is -1.66. The Morgan fingerprint density at radius 1 is 1.52 bits per heavy atom. The Labute approximate surface area is 125 Å². The smallest absolute Gasteiger partial charge is 0.254 e. The largest absolute Gasteiger partial charge is 0.383 e. The number of carbonyl (C=O) groups is 1. The first-order valence-electron chi connectivity index (χ1n) is 7.47. The number of aryl methyl sites for hydroxylation is 1. The monoisotopic (exact) mass is 292 g/mol. The Bertz CT molecular complexity index is 489. The lowest BCUT2D eigenvalue weighted by atomic mass is 10.1. The van der Waals surface area contributed by atoms with Crippen molar-refractivity contribution in [3.8, 4) is 0 Å². The highest BCUT2D eigenvalue weighted by molar-refractivity contribution is 5.95. The van der Waals surface area contributed by atoms with Crippen molar-refractivity contribution in [3.05, 3.63) is 23.4 Å². The first-order valence-corrected chi connectivity index (χ1v) is 7.47. The number of nitrogens with zero attached hydrogens (tertiary/aromatic N) is 2. The van der Waals surface area contributed by atoms with Gasteiger partial charge in [0.1, 0.15) is 5.82 Å². The molecule has 1 aromatic heterocycles. The SMILES string of the molecule is CCCc1cc(C(=O)N(CCOC)C2CC2)cc(NN)n1. The molecule has 6 nitrogen and oxygen atoms in total. The zero-order valence-electron chi connectivity index (χ0n) is 12.8. The normalized spacial score (nSPS) is 14.0. The molecule has 0 aromatic carbocycles. The summed E-state index contributed by atoms with van der Waals surface area (Å²) >= 11 is 0. The van der Waals surface area contributed by atoms with Gasteiger partial charge in [-0.05, 0) is 31.4 Å². The lowest BCUT2D eigenvalue weighted by Crippen LogP contribution is -2.36. The quantitative estimate of drug-likeness (QED) is 0.561. The van der Waals surface area contributed by atoms with Gasteiger partial charge in [0, 0.05) is 31.0 Å². The van der Waals surface area contributed by atoms with Gasteiger partial charge in [0.2, 0.25) is 0 Å². The molecule has 1 aliphatic carbocycles. The summed E-state index contributed by atoms with van der Waals surface area (Å²) in [6, 6.07) is 3.93. The standard InChI is InChI=1S/C15H24N4O2/c1-3-4-12-9-11(10-14(17-12)18-16)15(20)19(7-8-21-2)13-5-6-13/h9-10,13H,3-8,16H2,1-2H3,(H,17,18). The van der Waals surface area contributed by atoms with Crippen LogP contribution in [-0.4, -0.2) is 42.1 Å². The molecular formula is C15H24N4O2. The maximum Gasteiger partial charge on any atom is 0.254 e. The fourth-order valence-corrected chi connectivity index (χ4v) is 2.36. The van der Waals surface area contributed by atoms with Crippen molar-refractivity contribution in [1.82, 2.24) is 9.88 Å². The zero-order chi connectivity index (χ0) is 15.2. The molecule has 1 aliphatic rings. The minimum atomic E-state index is 0.0332. The van der Waals surface area contributed by atoms with Crippen molar-refractivity contribution < 1.29 is 9.53 Å². The molecule has 1 amide bonds. The van der Waals surface area contributed by atoms with Gasteiger partial charge in [-0.25, -0.2) is 10.8 Å². The fraction of sp³-hybridized carbons (Fsp3) is 0.600. The maximum atomic E-state index is 12.7. The number of carbonyl (C=O) groups excluding carboxylic acids is 1. The summed E-state index contributed by atoms with van der Waals surface area (Å²) in [5.41, 5.74) is 4.07. The van der Waals surface area contributed by atoms with Crippen LogP contribution in [0.25, 0.3) is 0 Å². The maximum absolute atomic E-state index is 12.7. The second-order valence-electron chi connectivity index (χ2n) is 5.35. The van der Waals surface area contributed by atoms with E-state index in [4.69, 9.17) is 10.6 Å². The van der Waals surface area contributed by atoms with E-state index in [1.165, 1.54) is 0 Å². The fourth-order valence-electron chi connectivity index (χ4n) is 2.36. The summed E-state index contributed by atoms with van der Waals surface area (Å²) < 4.78 is 5.10. The number of nitrogen functional groups attached to an aromatic ring is 1. The number of hydrogen-bond donors (Lipinski definition) is 2. The van der Waals surface area contributed by atoms with Crippen LogP contribution in [0.1, 0.15) is 42.2 Å². The molecule has 1 heterocycles. The molecule has 2 rings (SSSR count). The highest BCUT2D eigenvalue weighted by Gasteiger charge is 2.33. The summed E-state index contributed by atoms with van der Waals surface area (Å²) in [5, 5.41) is 0. The van der Waals surface area contributed by atoms with Gasteiger partial charge in [-0.1, -0.05) is 13.3 Å². The second-order valence-corrected chi connectivity index (χ2v) is 5.35. The van der Waals surface area contributed by atoms with E-state index in [1.54, 1.807) is 13.2 Å². The van der Waals surface area contributed by atoms with Crippen molar-refractivity contribution in [2.45, 2.75) is 38.6 Å². The predicted octanol–water partition coefficient (Wildman–Crippen LogP) is 1.57. The number of aromatic nitrogens is 1. The van der Waals surface area contributed by atoms with Gasteiger partial charge in [-0.15, -0.1) is 0 Å². The summed E-state index contributed by atoms with van der Waals surface area (Å²) in [6.07, 6.45) is 3.96. The van der Waals surface area contributed by atoms with Gasteiger partial charge in [0.15, 0.2) is 0 Å². The van der Waals surface area contributed by atoms with Gasteiger partial charge in [-0.2, -0.15) is 0 Å². The number of amides is 1. The van der Waals surface area contributed by atoms with Gasteiger partial charge in [-0.3, -0.25) is 4.79 Å². The third kappa shape index (κ3) is 4.15. The topological polar surface area (TPSA) is 80.5 Å². The molecule has 1 fully saturated rings. The van der Waals surface area contributed by atoms with Crippen LogP contribution in [-0.2, 0) is 11.2 Å². The zero-order valence-corrected chi connectivity index (χ0v) is 12.8. The Balaban J connectivity index is 2.21. The molecule has 116 valence electrons. The van der Waals surface area contributed by atoms with Crippen molar-refractivity contribution in [2.24, 2.45) is 5.84 Å². The molecule has 0 saturated heterocycles. The molecule has 0 unspecified atom stereocenters. The van der Waals surface area contributed by atoms with Crippen molar-refractivity contribution in [2.75, 3.05) is 25.7 Å². The third-order valence-electron chi connectivity index (χ3n) is 3.56. The van der Waals surface area contributed by atoms with Crippen LogP contribution in [0.4, 0.5) is 5.82 Å². The third-order valence-corrected chi connectivity index (χ3v) is 3.56. The van der Waals surface area contributed by atoms with Crippen LogP contribution in [0.3, 0.4) is 0 Å². The molecule has 21 heavy (non-hydrogen) atoms. The van der Waals surface area contributed by atoms with E-state index < -0.39 is 0 Å². The first kappa shape index (κ1) is 15.7. The van der Waals surface area contributed by atoms with Crippen LogP contribution in [0.5, 0.6) is 0 Å².